The van der Waals surface area contributed by atoms with Crippen molar-refractivity contribution in [2.75, 3.05) is 11.4 Å². The van der Waals surface area contributed by atoms with Crippen LogP contribution in [0.25, 0.3) is 6.08 Å². The van der Waals surface area contributed by atoms with Gasteiger partial charge in [-0.15, -0.1) is 0 Å². The lowest BCUT2D eigenvalue weighted by molar-refractivity contribution is -0.131. The Morgan fingerprint density at radius 2 is 2.20 bits per heavy atom. The van der Waals surface area contributed by atoms with Gasteiger partial charge in [0, 0.05) is 29.4 Å². The van der Waals surface area contributed by atoms with Gasteiger partial charge >= 0.3 is 5.97 Å². The summed E-state index contributed by atoms with van der Waals surface area (Å²) in [5, 5.41) is 9.47. The van der Waals surface area contributed by atoms with Crippen molar-refractivity contribution in [2.24, 2.45) is 5.92 Å². The van der Waals surface area contributed by atoms with Crippen molar-refractivity contribution in [1.82, 2.24) is 0 Å². The summed E-state index contributed by atoms with van der Waals surface area (Å²) >= 11 is 6.11. The molecule has 4 heteroatoms. The molecule has 2 atom stereocenters. The largest absolute Gasteiger partial charge is 0.478 e. The average Bonchev–Trinajstić information content (AvgIpc) is 2.37. The van der Waals surface area contributed by atoms with Crippen LogP contribution in [0.5, 0.6) is 0 Å². The summed E-state index contributed by atoms with van der Waals surface area (Å²) in [5.74, 6) is -0.204. The van der Waals surface area contributed by atoms with Gasteiger partial charge < -0.3 is 10.0 Å². The molecule has 0 amide bonds. The monoisotopic (exact) mass is 293 g/mol. The number of hydrogen-bond acceptors (Lipinski definition) is 2. The number of benzene rings is 1. The fourth-order valence-corrected chi connectivity index (χ4v) is 3.00. The van der Waals surface area contributed by atoms with Crippen molar-refractivity contribution in [3.63, 3.8) is 0 Å². The molecule has 1 aromatic carbocycles. The zero-order valence-corrected chi connectivity index (χ0v) is 12.6. The first-order valence-corrected chi connectivity index (χ1v) is 7.32. The molecule has 1 heterocycles. The van der Waals surface area contributed by atoms with E-state index in [0.29, 0.717) is 11.1 Å². The highest BCUT2D eigenvalue weighted by Crippen LogP contribution is 2.32. The molecule has 3 nitrogen and oxygen atoms in total. The Kier molecular flexibility index (Phi) is 4.71. The quantitative estimate of drug-likeness (QED) is 0.854. The number of carboxylic acid groups (broad SMARTS) is 1. The van der Waals surface area contributed by atoms with E-state index < -0.39 is 5.97 Å². The van der Waals surface area contributed by atoms with E-state index in [1.165, 1.54) is 6.08 Å². The highest BCUT2D eigenvalue weighted by Gasteiger charge is 2.24. The summed E-state index contributed by atoms with van der Waals surface area (Å²) in [5.41, 5.74) is 1.92. The third-order valence-electron chi connectivity index (χ3n) is 3.85. The summed E-state index contributed by atoms with van der Waals surface area (Å²) < 4.78 is 0. The highest BCUT2D eigenvalue weighted by atomic mass is 35.5. The predicted octanol–water partition coefficient (Wildman–Crippen LogP) is 4.06. The summed E-state index contributed by atoms with van der Waals surface area (Å²) in [6, 6.07) is 6.04. The van der Waals surface area contributed by atoms with Crippen molar-refractivity contribution < 1.29 is 9.90 Å². The van der Waals surface area contributed by atoms with Crippen LogP contribution in [0, 0.1) is 5.92 Å². The number of nitrogens with zero attached hydrogens (tertiary/aromatic N) is 1. The number of piperidine rings is 1. The zero-order chi connectivity index (χ0) is 14.7. The van der Waals surface area contributed by atoms with Crippen molar-refractivity contribution in [2.45, 2.75) is 32.7 Å². The maximum atomic E-state index is 10.7. The number of hydrogen-bond donors (Lipinski definition) is 1. The third-order valence-corrected chi connectivity index (χ3v) is 4.08. The number of carboxylic acids is 1. The normalized spacial score (nSPS) is 23.2. The third kappa shape index (κ3) is 3.54. The van der Waals surface area contributed by atoms with Crippen LogP contribution in [0.3, 0.4) is 0 Å². The second-order valence-electron chi connectivity index (χ2n) is 5.55. The first-order chi connectivity index (χ1) is 9.47. The van der Waals surface area contributed by atoms with Gasteiger partial charge in [-0.3, -0.25) is 0 Å². The van der Waals surface area contributed by atoms with E-state index in [9.17, 15) is 4.79 Å². The van der Waals surface area contributed by atoms with Gasteiger partial charge in [-0.25, -0.2) is 4.79 Å². The van der Waals surface area contributed by atoms with E-state index >= 15 is 0 Å². The Labute approximate surface area is 124 Å². The molecule has 1 aliphatic heterocycles. The fourth-order valence-electron chi connectivity index (χ4n) is 2.83. The molecule has 1 fully saturated rings. The van der Waals surface area contributed by atoms with Crippen molar-refractivity contribution in [3.05, 3.63) is 34.9 Å². The van der Waals surface area contributed by atoms with Gasteiger partial charge in [-0.05, 0) is 49.5 Å². The Morgan fingerprint density at radius 1 is 1.45 bits per heavy atom. The topological polar surface area (TPSA) is 40.5 Å². The lowest BCUT2D eigenvalue weighted by Gasteiger charge is -2.39. The van der Waals surface area contributed by atoms with E-state index in [4.69, 9.17) is 16.7 Å². The molecule has 2 rings (SSSR count). The van der Waals surface area contributed by atoms with Gasteiger partial charge in [-0.2, -0.15) is 0 Å². The fraction of sp³-hybridized carbons (Fsp3) is 0.438. The second-order valence-corrected chi connectivity index (χ2v) is 5.98. The van der Waals surface area contributed by atoms with E-state index in [1.54, 1.807) is 12.1 Å². The van der Waals surface area contributed by atoms with Gasteiger partial charge in [0.1, 0.15) is 0 Å². The molecule has 1 saturated heterocycles. The van der Waals surface area contributed by atoms with Crippen molar-refractivity contribution in [1.29, 1.82) is 0 Å². The van der Waals surface area contributed by atoms with Crippen LogP contribution in [0.1, 0.15) is 32.3 Å². The number of halogens is 1. The molecule has 1 aromatic rings. The standard InChI is InChI=1S/C16H20ClNO2/c1-11-7-8-18(12(2)9-11)15-10-14(17)5-3-13(15)4-6-16(19)20/h3-6,10-12H,7-9H2,1-2H3,(H,19,20)/b6-4+. The minimum absolute atomic E-state index is 0.439. The second kappa shape index (κ2) is 6.31. The molecule has 1 N–H and O–H groups in total. The van der Waals surface area contributed by atoms with Gasteiger partial charge in [0.05, 0.1) is 0 Å². The molecular weight excluding hydrogens is 274 g/mol. The lowest BCUT2D eigenvalue weighted by atomic mass is 9.92. The average molecular weight is 294 g/mol. The van der Waals surface area contributed by atoms with Crippen LogP contribution in [0.4, 0.5) is 5.69 Å². The van der Waals surface area contributed by atoms with Crippen LogP contribution in [-0.4, -0.2) is 23.7 Å². The maximum absolute atomic E-state index is 10.7. The van der Waals surface area contributed by atoms with E-state index in [1.807, 2.05) is 12.1 Å². The molecule has 108 valence electrons. The van der Waals surface area contributed by atoms with Crippen molar-refractivity contribution >= 4 is 29.3 Å². The first-order valence-electron chi connectivity index (χ1n) is 6.94. The van der Waals surface area contributed by atoms with Gasteiger partial charge in [-0.1, -0.05) is 24.6 Å². The summed E-state index contributed by atoms with van der Waals surface area (Å²) in [6.07, 6.45) is 5.11. The number of anilines is 1. The van der Waals surface area contributed by atoms with Gasteiger partial charge in [0.2, 0.25) is 0 Å². The summed E-state index contributed by atoms with van der Waals surface area (Å²) in [6.45, 7) is 5.47. The first kappa shape index (κ1) is 14.9. The Hall–Kier alpha value is -1.48. The summed E-state index contributed by atoms with van der Waals surface area (Å²) in [4.78, 5) is 13.0. The number of rotatable bonds is 3. The van der Waals surface area contributed by atoms with Crippen LogP contribution in [0.15, 0.2) is 24.3 Å². The van der Waals surface area contributed by atoms with Crippen LogP contribution < -0.4 is 4.90 Å². The van der Waals surface area contributed by atoms with E-state index in [0.717, 1.165) is 36.6 Å². The smallest absolute Gasteiger partial charge is 0.328 e. The molecule has 1 aliphatic rings. The molecule has 0 aromatic heterocycles. The lowest BCUT2D eigenvalue weighted by Crippen LogP contribution is -2.40. The SMILES string of the molecule is CC1CCN(c2cc(Cl)ccc2/C=C/C(=O)O)C(C)C1. The minimum atomic E-state index is -0.939. The Bertz CT molecular complexity index is 527. The molecule has 0 spiro atoms. The molecule has 0 saturated carbocycles. The van der Waals surface area contributed by atoms with E-state index in [2.05, 4.69) is 18.7 Å². The van der Waals surface area contributed by atoms with Gasteiger partial charge in [0.25, 0.3) is 0 Å². The van der Waals surface area contributed by atoms with Crippen LogP contribution in [-0.2, 0) is 4.79 Å². The molecule has 20 heavy (non-hydrogen) atoms. The summed E-state index contributed by atoms with van der Waals surface area (Å²) in [7, 11) is 0. The van der Waals surface area contributed by atoms with E-state index in [-0.39, 0.29) is 0 Å². The zero-order valence-electron chi connectivity index (χ0n) is 11.8. The minimum Gasteiger partial charge on any atom is -0.478 e. The van der Waals surface area contributed by atoms with Gasteiger partial charge in [0.15, 0.2) is 0 Å². The van der Waals surface area contributed by atoms with Crippen LogP contribution >= 0.6 is 11.6 Å². The molecule has 0 radical (unpaired) electrons. The predicted molar refractivity (Wildman–Crippen MR) is 83.3 cm³/mol. The molecular formula is C16H20ClNO2. The number of aliphatic carboxylic acids is 1. The molecule has 0 bridgehead atoms. The molecule has 0 aliphatic carbocycles. The maximum Gasteiger partial charge on any atom is 0.328 e. The molecule has 2 unspecified atom stereocenters. The Morgan fingerprint density at radius 3 is 2.85 bits per heavy atom. The number of carbonyl (C=O) groups is 1. The van der Waals surface area contributed by atoms with Crippen LogP contribution in [0.2, 0.25) is 5.02 Å². The highest BCUT2D eigenvalue weighted by molar-refractivity contribution is 6.31. The van der Waals surface area contributed by atoms with Crippen molar-refractivity contribution in [3.8, 4) is 0 Å². The Balaban J connectivity index is 2.34.